The lowest BCUT2D eigenvalue weighted by Crippen LogP contribution is -2.38. The second kappa shape index (κ2) is 5.61. The zero-order chi connectivity index (χ0) is 13.1. The van der Waals surface area contributed by atoms with E-state index in [9.17, 15) is 9.90 Å². The molecule has 1 amide bonds. The van der Waals surface area contributed by atoms with E-state index in [4.69, 9.17) is 11.6 Å². The summed E-state index contributed by atoms with van der Waals surface area (Å²) in [4.78, 5) is 14.3. The van der Waals surface area contributed by atoms with Crippen LogP contribution >= 0.6 is 11.6 Å². The summed E-state index contributed by atoms with van der Waals surface area (Å²) in [5.74, 6) is -0.00414. The molecule has 98 valence electrons. The second-order valence-electron chi connectivity index (χ2n) is 4.69. The van der Waals surface area contributed by atoms with Crippen LogP contribution in [0.1, 0.15) is 43.0 Å². The van der Waals surface area contributed by atoms with Crippen molar-refractivity contribution in [3.63, 3.8) is 0 Å². The van der Waals surface area contributed by atoms with E-state index in [-0.39, 0.29) is 11.7 Å². The van der Waals surface area contributed by atoms with Gasteiger partial charge in [-0.3, -0.25) is 4.79 Å². The maximum absolute atomic E-state index is 12.5. The lowest BCUT2D eigenvalue weighted by atomic mass is 10.1. The Hall–Kier alpha value is -1.22. The third-order valence-electron chi connectivity index (χ3n) is 3.55. The van der Waals surface area contributed by atoms with E-state index in [2.05, 4.69) is 0 Å². The van der Waals surface area contributed by atoms with Crippen LogP contribution in [0.4, 0.5) is 0 Å². The molecule has 0 radical (unpaired) electrons. The van der Waals surface area contributed by atoms with Crippen LogP contribution in [0.2, 0.25) is 5.02 Å². The molecule has 1 aromatic carbocycles. The molecule has 0 atom stereocenters. The SMILES string of the molecule is CCN(C(=O)c1cc(O)ccc1Cl)C1CCCC1. The molecule has 0 bridgehead atoms. The van der Waals surface area contributed by atoms with Gasteiger partial charge in [-0.2, -0.15) is 0 Å². The van der Waals surface area contributed by atoms with Crippen molar-refractivity contribution in [2.75, 3.05) is 6.54 Å². The Balaban J connectivity index is 2.25. The monoisotopic (exact) mass is 267 g/mol. The Labute approximate surface area is 112 Å². The van der Waals surface area contributed by atoms with E-state index in [0.29, 0.717) is 23.2 Å². The van der Waals surface area contributed by atoms with E-state index in [1.807, 2.05) is 11.8 Å². The Morgan fingerprint density at radius 1 is 1.44 bits per heavy atom. The van der Waals surface area contributed by atoms with Gasteiger partial charge in [0, 0.05) is 12.6 Å². The number of carbonyl (C=O) groups excluding carboxylic acids is 1. The Kier molecular flexibility index (Phi) is 4.12. The first-order valence-corrected chi connectivity index (χ1v) is 6.80. The number of amides is 1. The number of carbonyl (C=O) groups is 1. The summed E-state index contributed by atoms with van der Waals surface area (Å²) in [5, 5.41) is 9.87. The van der Waals surface area contributed by atoms with E-state index < -0.39 is 0 Å². The molecule has 1 aliphatic rings. The summed E-state index contributed by atoms with van der Waals surface area (Å²) in [7, 11) is 0. The van der Waals surface area contributed by atoms with Crippen molar-refractivity contribution in [1.82, 2.24) is 4.90 Å². The van der Waals surface area contributed by atoms with Crippen LogP contribution in [-0.4, -0.2) is 28.5 Å². The molecule has 3 nitrogen and oxygen atoms in total. The van der Waals surface area contributed by atoms with E-state index in [0.717, 1.165) is 12.8 Å². The molecule has 2 rings (SSSR count). The molecular formula is C14H18ClNO2. The van der Waals surface area contributed by atoms with Crippen molar-refractivity contribution in [3.8, 4) is 5.75 Å². The van der Waals surface area contributed by atoms with Crippen molar-refractivity contribution >= 4 is 17.5 Å². The highest BCUT2D eigenvalue weighted by Gasteiger charge is 2.27. The predicted molar refractivity (Wildman–Crippen MR) is 72.1 cm³/mol. The summed E-state index contributed by atoms with van der Waals surface area (Å²) in [6, 6.07) is 4.82. The Morgan fingerprint density at radius 2 is 2.11 bits per heavy atom. The van der Waals surface area contributed by atoms with Crippen molar-refractivity contribution in [1.29, 1.82) is 0 Å². The number of benzene rings is 1. The first-order valence-electron chi connectivity index (χ1n) is 6.43. The first-order chi connectivity index (χ1) is 8.63. The number of hydrogen-bond donors (Lipinski definition) is 1. The summed E-state index contributed by atoms with van der Waals surface area (Å²) >= 11 is 6.04. The number of rotatable bonds is 3. The fourth-order valence-electron chi connectivity index (χ4n) is 2.62. The zero-order valence-electron chi connectivity index (χ0n) is 10.5. The van der Waals surface area contributed by atoms with Gasteiger partial charge in [0.2, 0.25) is 0 Å². The van der Waals surface area contributed by atoms with E-state index in [1.54, 1.807) is 6.07 Å². The average molecular weight is 268 g/mol. The van der Waals surface area contributed by atoms with Crippen LogP contribution in [0.3, 0.4) is 0 Å². The van der Waals surface area contributed by atoms with Crippen molar-refractivity contribution in [2.24, 2.45) is 0 Å². The van der Waals surface area contributed by atoms with Crippen LogP contribution in [0.15, 0.2) is 18.2 Å². The molecule has 0 saturated heterocycles. The van der Waals surface area contributed by atoms with Gasteiger partial charge in [-0.1, -0.05) is 24.4 Å². The first kappa shape index (κ1) is 13.2. The standard InChI is InChI=1S/C14H18ClNO2/c1-2-16(10-5-3-4-6-10)14(18)12-9-11(17)7-8-13(12)15/h7-10,17H,2-6H2,1H3. The van der Waals surface area contributed by atoms with Gasteiger partial charge in [0.05, 0.1) is 10.6 Å². The van der Waals surface area contributed by atoms with E-state index >= 15 is 0 Å². The molecule has 0 heterocycles. The summed E-state index contributed by atoms with van der Waals surface area (Å²) in [5.41, 5.74) is 0.394. The largest absolute Gasteiger partial charge is 0.508 e. The average Bonchev–Trinajstić information content (AvgIpc) is 2.87. The lowest BCUT2D eigenvalue weighted by Gasteiger charge is -2.28. The van der Waals surface area contributed by atoms with Gasteiger partial charge in [0.15, 0.2) is 0 Å². The second-order valence-corrected chi connectivity index (χ2v) is 5.10. The number of aromatic hydroxyl groups is 1. The van der Waals surface area contributed by atoms with Gasteiger partial charge in [-0.15, -0.1) is 0 Å². The van der Waals surface area contributed by atoms with Crippen molar-refractivity contribution in [2.45, 2.75) is 38.6 Å². The minimum atomic E-state index is -0.0784. The normalized spacial score (nSPS) is 15.9. The molecule has 0 spiro atoms. The quantitative estimate of drug-likeness (QED) is 0.911. The van der Waals surface area contributed by atoms with Gasteiger partial charge in [0.25, 0.3) is 5.91 Å². The highest BCUT2D eigenvalue weighted by molar-refractivity contribution is 6.33. The fraction of sp³-hybridized carbons (Fsp3) is 0.500. The predicted octanol–water partition coefficient (Wildman–Crippen LogP) is 3.45. The van der Waals surface area contributed by atoms with Gasteiger partial charge in [-0.05, 0) is 38.0 Å². The van der Waals surface area contributed by atoms with Gasteiger partial charge < -0.3 is 10.0 Å². The number of phenols is 1. The molecule has 0 aliphatic heterocycles. The molecule has 18 heavy (non-hydrogen) atoms. The number of phenolic OH excluding ortho intramolecular Hbond substituents is 1. The highest BCUT2D eigenvalue weighted by atomic mass is 35.5. The Bertz CT molecular complexity index is 441. The number of nitrogens with zero attached hydrogens (tertiary/aromatic N) is 1. The molecule has 1 saturated carbocycles. The minimum Gasteiger partial charge on any atom is -0.508 e. The van der Waals surface area contributed by atoms with Crippen molar-refractivity contribution in [3.05, 3.63) is 28.8 Å². The molecule has 0 unspecified atom stereocenters. The third kappa shape index (κ3) is 2.61. The Morgan fingerprint density at radius 3 is 2.72 bits per heavy atom. The fourth-order valence-corrected chi connectivity index (χ4v) is 2.81. The molecule has 0 aromatic heterocycles. The number of halogens is 1. The van der Waals surface area contributed by atoms with Gasteiger partial charge >= 0.3 is 0 Å². The van der Waals surface area contributed by atoms with Gasteiger partial charge in [-0.25, -0.2) is 0 Å². The van der Waals surface area contributed by atoms with Crippen LogP contribution < -0.4 is 0 Å². The molecule has 1 aliphatic carbocycles. The van der Waals surface area contributed by atoms with Crippen molar-refractivity contribution < 1.29 is 9.90 Å². The maximum atomic E-state index is 12.5. The summed E-state index contributed by atoms with van der Waals surface area (Å²) in [6.45, 7) is 2.66. The molecule has 1 fully saturated rings. The summed E-state index contributed by atoms with van der Waals surface area (Å²) < 4.78 is 0. The number of hydrogen-bond acceptors (Lipinski definition) is 2. The minimum absolute atomic E-state index is 0.0743. The van der Waals surface area contributed by atoms with Crippen LogP contribution in [-0.2, 0) is 0 Å². The molecule has 1 aromatic rings. The lowest BCUT2D eigenvalue weighted by molar-refractivity contribution is 0.0693. The highest BCUT2D eigenvalue weighted by Crippen LogP contribution is 2.28. The maximum Gasteiger partial charge on any atom is 0.255 e. The van der Waals surface area contributed by atoms with Crippen LogP contribution in [0.25, 0.3) is 0 Å². The van der Waals surface area contributed by atoms with Gasteiger partial charge in [0.1, 0.15) is 5.75 Å². The van der Waals surface area contributed by atoms with E-state index in [1.165, 1.54) is 25.0 Å². The summed E-state index contributed by atoms with van der Waals surface area (Å²) in [6.07, 6.45) is 4.50. The topological polar surface area (TPSA) is 40.5 Å². The molecule has 4 heteroatoms. The smallest absolute Gasteiger partial charge is 0.255 e. The zero-order valence-corrected chi connectivity index (χ0v) is 11.3. The molecule has 1 N–H and O–H groups in total. The van der Waals surface area contributed by atoms with Crippen LogP contribution in [0.5, 0.6) is 5.75 Å². The molecular weight excluding hydrogens is 250 g/mol. The van der Waals surface area contributed by atoms with Crippen LogP contribution in [0, 0.1) is 0 Å². The third-order valence-corrected chi connectivity index (χ3v) is 3.88.